The van der Waals surface area contributed by atoms with Crippen LogP contribution in [0.25, 0.3) is 0 Å². The van der Waals surface area contributed by atoms with Crippen molar-refractivity contribution < 1.29 is 4.79 Å². The summed E-state index contributed by atoms with van der Waals surface area (Å²) in [5, 5.41) is 3.30. The zero-order chi connectivity index (χ0) is 14.7. The second kappa shape index (κ2) is 6.48. The van der Waals surface area contributed by atoms with Crippen LogP contribution in [0.1, 0.15) is 30.4 Å². The van der Waals surface area contributed by atoms with Crippen molar-refractivity contribution in [3.8, 4) is 0 Å². The summed E-state index contributed by atoms with van der Waals surface area (Å²) in [5.74, 6) is 0.246. The molecule has 1 saturated heterocycles. The Morgan fingerprint density at radius 1 is 1.19 bits per heavy atom. The van der Waals surface area contributed by atoms with Crippen LogP contribution < -0.4 is 10.2 Å². The quantitative estimate of drug-likeness (QED) is 0.917. The fraction of sp³-hybridized carbons (Fsp3) is 0.588. The second-order valence-electron chi connectivity index (χ2n) is 6.18. The number of likely N-dealkylation sites (tertiary alicyclic amines) is 1. The fourth-order valence-corrected chi connectivity index (χ4v) is 3.30. The van der Waals surface area contributed by atoms with Gasteiger partial charge in [0, 0.05) is 38.9 Å². The van der Waals surface area contributed by atoms with Gasteiger partial charge in [0.2, 0.25) is 5.91 Å². The first-order valence-electron chi connectivity index (χ1n) is 8.05. The molecule has 2 heterocycles. The highest BCUT2D eigenvalue weighted by Gasteiger charge is 2.17. The summed E-state index contributed by atoms with van der Waals surface area (Å²) in [7, 11) is 2.14. The van der Waals surface area contributed by atoms with Crippen LogP contribution in [0.2, 0.25) is 0 Å². The number of fused-ring (bicyclic) bond motifs is 1. The van der Waals surface area contributed by atoms with Crippen molar-refractivity contribution in [3.63, 3.8) is 0 Å². The highest BCUT2D eigenvalue weighted by Crippen LogP contribution is 2.27. The van der Waals surface area contributed by atoms with Gasteiger partial charge in [0.05, 0.1) is 6.54 Å². The molecule has 0 atom stereocenters. The molecule has 0 radical (unpaired) electrons. The van der Waals surface area contributed by atoms with Gasteiger partial charge in [-0.1, -0.05) is 12.1 Å². The van der Waals surface area contributed by atoms with Gasteiger partial charge < -0.3 is 15.1 Å². The van der Waals surface area contributed by atoms with Crippen molar-refractivity contribution in [2.45, 2.75) is 32.2 Å². The molecule has 0 saturated carbocycles. The van der Waals surface area contributed by atoms with Crippen molar-refractivity contribution in [2.75, 3.05) is 38.1 Å². The Balaban J connectivity index is 1.48. The SMILES string of the molecule is CN1CCc2cc(CNCC(=O)N3CCCCC3)ccc21. The minimum atomic E-state index is 0.246. The van der Waals surface area contributed by atoms with Crippen LogP contribution in [0.15, 0.2) is 18.2 Å². The summed E-state index contributed by atoms with van der Waals surface area (Å²) in [5.41, 5.74) is 4.05. The fourth-order valence-electron chi connectivity index (χ4n) is 3.30. The van der Waals surface area contributed by atoms with E-state index in [1.165, 1.54) is 23.2 Å². The summed E-state index contributed by atoms with van der Waals surface area (Å²) in [6, 6.07) is 6.64. The Bertz CT molecular complexity index is 509. The van der Waals surface area contributed by atoms with Crippen molar-refractivity contribution in [1.29, 1.82) is 0 Å². The number of benzene rings is 1. The van der Waals surface area contributed by atoms with Crippen molar-refractivity contribution in [3.05, 3.63) is 29.3 Å². The largest absolute Gasteiger partial charge is 0.374 e. The summed E-state index contributed by atoms with van der Waals surface area (Å²) in [6.45, 7) is 4.21. The van der Waals surface area contributed by atoms with Crippen LogP contribution in [0, 0.1) is 0 Å². The van der Waals surface area contributed by atoms with E-state index in [2.05, 4.69) is 35.5 Å². The van der Waals surface area contributed by atoms with Gasteiger partial charge in [0.25, 0.3) is 0 Å². The molecule has 1 N–H and O–H groups in total. The van der Waals surface area contributed by atoms with Crippen LogP contribution in [0.4, 0.5) is 5.69 Å². The maximum Gasteiger partial charge on any atom is 0.236 e. The minimum Gasteiger partial charge on any atom is -0.374 e. The molecule has 1 fully saturated rings. The molecular formula is C17H25N3O. The molecule has 2 aliphatic rings. The Kier molecular flexibility index (Phi) is 4.44. The third-order valence-corrected chi connectivity index (χ3v) is 4.59. The van der Waals surface area contributed by atoms with Crippen LogP contribution in [-0.2, 0) is 17.8 Å². The van der Waals surface area contributed by atoms with Gasteiger partial charge in [-0.3, -0.25) is 4.79 Å². The third-order valence-electron chi connectivity index (χ3n) is 4.59. The number of piperidine rings is 1. The summed E-state index contributed by atoms with van der Waals surface area (Å²) < 4.78 is 0. The number of rotatable bonds is 4. The Hall–Kier alpha value is -1.55. The molecule has 21 heavy (non-hydrogen) atoms. The summed E-state index contributed by atoms with van der Waals surface area (Å²) in [4.78, 5) is 16.4. The van der Waals surface area contributed by atoms with Gasteiger partial charge in [0.15, 0.2) is 0 Å². The van der Waals surface area contributed by atoms with E-state index in [0.29, 0.717) is 6.54 Å². The van der Waals surface area contributed by atoms with Crippen molar-refractivity contribution >= 4 is 11.6 Å². The third kappa shape index (κ3) is 3.38. The zero-order valence-electron chi connectivity index (χ0n) is 12.9. The Labute approximate surface area is 127 Å². The Morgan fingerprint density at radius 3 is 2.81 bits per heavy atom. The first-order chi connectivity index (χ1) is 10.2. The maximum absolute atomic E-state index is 12.1. The molecule has 0 spiro atoms. The number of carbonyl (C=O) groups excluding carboxylic acids is 1. The molecule has 0 unspecified atom stereocenters. The van der Waals surface area contributed by atoms with Gasteiger partial charge in [-0.2, -0.15) is 0 Å². The van der Waals surface area contributed by atoms with Gasteiger partial charge >= 0.3 is 0 Å². The molecule has 114 valence electrons. The van der Waals surface area contributed by atoms with Gasteiger partial charge in [-0.25, -0.2) is 0 Å². The molecule has 1 aromatic carbocycles. The van der Waals surface area contributed by atoms with Crippen LogP contribution in [-0.4, -0.2) is 44.0 Å². The summed E-state index contributed by atoms with van der Waals surface area (Å²) in [6.07, 6.45) is 4.71. The average Bonchev–Trinajstić information content (AvgIpc) is 2.89. The van der Waals surface area contributed by atoms with Gasteiger partial charge in [-0.15, -0.1) is 0 Å². The standard InChI is InChI=1S/C17H25N3O/c1-19-10-7-15-11-14(5-6-16(15)19)12-18-13-17(21)20-8-3-2-4-9-20/h5-6,11,18H,2-4,7-10,12-13H2,1H3. The van der Waals surface area contributed by atoms with Crippen molar-refractivity contribution in [1.82, 2.24) is 10.2 Å². The monoisotopic (exact) mass is 287 g/mol. The lowest BCUT2D eigenvalue weighted by Gasteiger charge is -2.26. The highest BCUT2D eigenvalue weighted by atomic mass is 16.2. The molecule has 2 aliphatic heterocycles. The highest BCUT2D eigenvalue weighted by molar-refractivity contribution is 5.78. The molecule has 4 nitrogen and oxygen atoms in total. The normalized spacial score (nSPS) is 18.0. The van der Waals surface area contributed by atoms with Crippen LogP contribution >= 0.6 is 0 Å². The number of anilines is 1. The topological polar surface area (TPSA) is 35.6 Å². The van der Waals surface area contributed by atoms with E-state index in [4.69, 9.17) is 0 Å². The lowest BCUT2D eigenvalue weighted by molar-refractivity contribution is -0.131. The first-order valence-corrected chi connectivity index (χ1v) is 8.05. The lowest BCUT2D eigenvalue weighted by Crippen LogP contribution is -2.40. The smallest absolute Gasteiger partial charge is 0.236 e. The second-order valence-corrected chi connectivity index (χ2v) is 6.18. The number of nitrogens with zero attached hydrogens (tertiary/aromatic N) is 2. The molecule has 0 bridgehead atoms. The number of likely N-dealkylation sites (N-methyl/N-ethyl adjacent to an activating group) is 1. The molecule has 1 amide bonds. The van der Waals surface area contributed by atoms with Crippen molar-refractivity contribution in [2.24, 2.45) is 0 Å². The van der Waals surface area contributed by atoms with E-state index in [1.54, 1.807) is 0 Å². The van der Waals surface area contributed by atoms with E-state index in [-0.39, 0.29) is 5.91 Å². The lowest BCUT2D eigenvalue weighted by atomic mass is 10.1. The van der Waals surface area contributed by atoms with Crippen LogP contribution in [0.3, 0.4) is 0 Å². The Morgan fingerprint density at radius 2 is 2.00 bits per heavy atom. The predicted molar refractivity (Wildman–Crippen MR) is 85.6 cm³/mol. The number of amides is 1. The van der Waals surface area contributed by atoms with Gasteiger partial charge in [0.1, 0.15) is 0 Å². The molecule has 0 aromatic heterocycles. The van der Waals surface area contributed by atoms with Crippen LogP contribution in [0.5, 0.6) is 0 Å². The molecule has 4 heteroatoms. The van der Waals surface area contributed by atoms with E-state index < -0.39 is 0 Å². The number of carbonyl (C=O) groups is 1. The van der Waals surface area contributed by atoms with E-state index in [9.17, 15) is 4.79 Å². The average molecular weight is 287 g/mol. The number of hydrogen-bond acceptors (Lipinski definition) is 3. The van der Waals surface area contributed by atoms with E-state index in [0.717, 1.165) is 45.4 Å². The predicted octanol–water partition coefficient (Wildman–Crippen LogP) is 1.78. The number of nitrogens with one attached hydrogen (secondary N) is 1. The molecule has 3 rings (SSSR count). The zero-order valence-corrected chi connectivity index (χ0v) is 12.9. The first kappa shape index (κ1) is 14.4. The maximum atomic E-state index is 12.1. The minimum absolute atomic E-state index is 0.246. The number of hydrogen-bond donors (Lipinski definition) is 1. The molecule has 1 aromatic rings. The van der Waals surface area contributed by atoms with E-state index >= 15 is 0 Å². The molecule has 0 aliphatic carbocycles. The molecular weight excluding hydrogens is 262 g/mol. The van der Waals surface area contributed by atoms with Gasteiger partial charge in [-0.05, 0) is 42.9 Å². The van der Waals surface area contributed by atoms with E-state index in [1.807, 2.05) is 4.90 Å². The summed E-state index contributed by atoms with van der Waals surface area (Å²) >= 11 is 0.